The Balaban J connectivity index is 1.88. The number of benzene rings is 2. The van der Waals surface area contributed by atoms with Crippen LogP contribution in [0.5, 0.6) is 5.75 Å². The highest BCUT2D eigenvalue weighted by atomic mass is 16.5. The van der Waals surface area contributed by atoms with Crippen LogP contribution in [0.1, 0.15) is 22.3 Å². The Morgan fingerprint density at radius 3 is 2.68 bits per heavy atom. The van der Waals surface area contributed by atoms with Crippen LogP contribution in [0.4, 0.5) is 10.5 Å². The van der Waals surface area contributed by atoms with E-state index in [9.17, 15) is 9.59 Å². The van der Waals surface area contributed by atoms with Gasteiger partial charge in [-0.15, -0.1) is 0 Å². The Bertz CT molecular complexity index is 826. The van der Waals surface area contributed by atoms with Crippen LogP contribution in [0.15, 0.2) is 48.5 Å². The van der Waals surface area contributed by atoms with Crippen molar-refractivity contribution in [2.75, 3.05) is 38.2 Å². The Labute approximate surface area is 165 Å². The Morgan fingerprint density at radius 2 is 2.04 bits per heavy atom. The summed E-state index contributed by atoms with van der Waals surface area (Å²) in [5.74, 6) is 0.464. The number of rotatable bonds is 8. The molecule has 2 aromatic carbocycles. The number of amides is 3. The van der Waals surface area contributed by atoms with E-state index in [1.165, 1.54) is 0 Å². The molecule has 3 amide bonds. The van der Waals surface area contributed by atoms with E-state index in [0.717, 1.165) is 12.0 Å². The first-order valence-corrected chi connectivity index (χ1v) is 9.40. The van der Waals surface area contributed by atoms with E-state index in [1.54, 1.807) is 35.1 Å². The maximum Gasteiger partial charge on any atom is 0.322 e. The molecule has 1 saturated heterocycles. The average Bonchev–Trinajstić information content (AvgIpc) is 3.16. The fraction of sp³-hybridized carbons (Fsp3) is 0.333. The summed E-state index contributed by atoms with van der Waals surface area (Å²) in [6, 6.07) is 14.9. The van der Waals surface area contributed by atoms with Gasteiger partial charge in [0.1, 0.15) is 5.75 Å². The van der Waals surface area contributed by atoms with Gasteiger partial charge in [-0.05, 0) is 36.7 Å². The fourth-order valence-corrected chi connectivity index (χ4v) is 3.26. The number of urea groups is 1. The molecule has 1 fully saturated rings. The molecule has 3 rings (SSSR count). The molecule has 7 nitrogen and oxygen atoms in total. The van der Waals surface area contributed by atoms with Crippen LogP contribution in [0.25, 0.3) is 0 Å². The third-order valence-corrected chi connectivity index (χ3v) is 4.71. The topological polar surface area (TPSA) is 87.9 Å². The van der Waals surface area contributed by atoms with Crippen LogP contribution < -0.4 is 20.7 Å². The molecule has 0 aromatic heterocycles. The van der Waals surface area contributed by atoms with Crippen LogP contribution in [0.2, 0.25) is 0 Å². The standard InChI is InChI=1S/C21H26N4O3/c1-28-19-9-8-17(14-18(19)25-13-11-23-21(25)27)20(26)24(12-5-10-22)15-16-6-3-2-4-7-16/h2-4,6-9,14H,5,10-13,15,22H2,1H3,(H,23,27). The van der Waals surface area contributed by atoms with Gasteiger partial charge in [0.05, 0.1) is 12.8 Å². The first kappa shape index (κ1) is 19.7. The van der Waals surface area contributed by atoms with Crippen LogP contribution in [0.3, 0.4) is 0 Å². The molecule has 28 heavy (non-hydrogen) atoms. The molecule has 0 radical (unpaired) electrons. The molecular formula is C21H26N4O3. The van der Waals surface area contributed by atoms with E-state index >= 15 is 0 Å². The second kappa shape index (κ2) is 9.23. The van der Waals surface area contributed by atoms with Crippen LogP contribution in [-0.2, 0) is 6.54 Å². The van der Waals surface area contributed by atoms with Crippen molar-refractivity contribution in [3.8, 4) is 5.75 Å². The van der Waals surface area contributed by atoms with Gasteiger partial charge >= 0.3 is 6.03 Å². The highest BCUT2D eigenvalue weighted by Crippen LogP contribution is 2.31. The molecule has 1 aliphatic heterocycles. The number of methoxy groups -OCH3 is 1. The highest BCUT2D eigenvalue weighted by Gasteiger charge is 2.26. The second-order valence-electron chi connectivity index (χ2n) is 6.62. The average molecular weight is 382 g/mol. The largest absolute Gasteiger partial charge is 0.495 e. The third kappa shape index (κ3) is 4.43. The molecule has 0 saturated carbocycles. The number of carbonyl (C=O) groups excluding carboxylic acids is 2. The summed E-state index contributed by atoms with van der Waals surface area (Å²) in [7, 11) is 1.55. The molecule has 0 unspecified atom stereocenters. The molecule has 1 heterocycles. The summed E-state index contributed by atoms with van der Waals surface area (Å²) in [5, 5.41) is 2.77. The number of anilines is 1. The van der Waals surface area contributed by atoms with Gasteiger partial charge in [-0.1, -0.05) is 30.3 Å². The summed E-state index contributed by atoms with van der Waals surface area (Å²) in [5.41, 5.74) is 7.84. The minimum atomic E-state index is -0.188. The van der Waals surface area contributed by atoms with Crippen LogP contribution >= 0.6 is 0 Å². The van der Waals surface area contributed by atoms with Crippen molar-refractivity contribution in [1.82, 2.24) is 10.2 Å². The zero-order valence-electron chi connectivity index (χ0n) is 16.1. The quantitative estimate of drug-likeness (QED) is 0.733. The molecule has 1 aliphatic rings. The van der Waals surface area contributed by atoms with E-state index in [1.807, 2.05) is 30.3 Å². The molecule has 0 aliphatic carbocycles. The van der Waals surface area contributed by atoms with E-state index in [2.05, 4.69) is 5.32 Å². The molecule has 148 valence electrons. The molecule has 0 atom stereocenters. The monoisotopic (exact) mass is 382 g/mol. The van der Waals surface area contributed by atoms with E-state index in [-0.39, 0.29) is 11.9 Å². The van der Waals surface area contributed by atoms with E-state index in [4.69, 9.17) is 10.5 Å². The molecule has 3 N–H and O–H groups in total. The summed E-state index contributed by atoms with van der Waals surface area (Å²) in [6.07, 6.45) is 0.718. The number of nitrogens with two attached hydrogens (primary N) is 1. The summed E-state index contributed by atoms with van der Waals surface area (Å²) < 4.78 is 5.40. The number of ether oxygens (including phenoxy) is 1. The maximum absolute atomic E-state index is 13.2. The number of nitrogens with one attached hydrogen (secondary N) is 1. The minimum absolute atomic E-state index is 0.0965. The lowest BCUT2D eigenvalue weighted by Crippen LogP contribution is -2.33. The van der Waals surface area contributed by atoms with Crippen molar-refractivity contribution < 1.29 is 14.3 Å². The van der Waals surface area contributed by atoms with E-state index in [0.29, 0.717) is 49.7 Å². The second-order valence-corrected chi connectivity index (χ2v) is 6.62. The zero-order valence-corrected chi connectivity index (χ0v) is 16.1. The van der Waals surface area contributed by atoms with Crippen molar-refractivity contribution in [1.29, 1.82) is 0 Å². The van der Waals surface area contributed by atoms with Crippen molar-refractivity contribution in [2.24, 2.45) is 5.73 Å². The molecule has 2 aromatic rings. The van der Waals surface area contributed by atoms with Gasteiger partial charge in [0.25, 0.3) is 5.91 Å². The Hall–Kier alpha value is -3.06. The van der Waals surface area contributed by atoms with Gasteiger partial charge in [-0.25, -0.2) is 4.79 Å². The fourth-order valence-electron chi connectivity index (χ4n) is 3.26. The molecule has 7 heteroatoms. The molecule has 0 bridgehead atoms. The maximum atomic E-state index is 13.2. The summed E-state index contributed by atoms with van der Waals surface area (Å²) in [6.45, 7) is 2.69. The highest BCUT2D eigenvalue weighted by molar-refractivity contribution is 5.99. The number of carbonyl (C=O) groups is 2. The summed E-state index contributed by atoms with van der Waals surface area (Å²) in [4.78, 5) is 28.7. The number of hydrogen-bond donors (Lipinski definition) is 2. The van der Waals surface area contributed by atoms with Gasteiger partial charge in [0, 0.05) is 31.7 Å². The number of hydrogen-bond acceptors (Lipinski definition) is 4. The Kier molecular flexibility index (Phi) is 6.49. The third-order valence-electron chi connectivity index (χ3n) is 4.71. The van der Waals surface area contributed by atoms with Crippen LogP contribution in [0, 0.1) is 0 Å². The predicted octanol–water partition coefficient (Wildman–Crippen LogP) is 2.22. The lowest BCUT2D eigenvalue weighted by Gasteiger charge is -2.24. The minimum Gasteiger partial charge on any atom is -0.495 e. The summed E-state index contributed by atoms with van der Waals surface area (Å²) >= 11 is 0. The number of nitrogens with zero attached hydrogens (tertiary/aromatic N) is 2. The van der Waals surface area contributed by atoms with Crippen molar-refractivity contribution in [3.05, 3.63) is 59.7 Å². The first-order valence-electron chi connectivity index (χ1n) is 9.40. The Morgan fingerprint density at radius 1 is 1.25 bits per heavy atom. The molecular weight excluding hydrogens is 356 g/mol. The van der Waals surface area contributed by atoms with Crippen molar-refractivity contribution >= 4 is 17.6 Å². The van der Waals surface area contributed by atoms with E-state index < -0.39 is 0 Å². The lowest BCUT2D eigenvalue weighted by molar-refractivity contribution is 0.0742. The smallest absolute Gasteiger partial charge is 0.322 e. The first-order chi connectivity index (χ1) is 13.6. The SMILES string of the molecule is COc1ccc(C(=O)N(CCCN)Cc2ccccc2)cc1N1CCNC1=O. The van der Waals surface area contributed by atoms with Crippen molar-refractivity contribution in [2.45, 2.75) is 13.0 Å². The predicted molar refractivity (Wildman–Crippen MR) is 109 cm³/mol. The normalized spacial score (nSPS) is 13.4. The van der Waals surface area contributed by atoms with Gasteiger partial charge in [-0.3, -0.25) is 9.69 Å². The van der Waals surface area contributed by atoms with Gasteiger partial charge < -0.3 is 20.7 Å². The van der Waals surface area contributed by atoms with Crippen molar-refractivity contribution in [3.63, 3.8) is 0 Å². The van der Waals surface area contributed by atoms with Gasteiger partial charge in [-0.2, -0.15) is 0 Å². The zero-order chi connectivity index (χ0) is 19.9. The van der Waals surface area contributed by atoms with Gasteiger partial charge in [0.15, 0.2) is 0 Å². The van der Waals surface area contributed by atoms with Crippen LogP contribution in [-0.4, -0.2) is 50.1 Å². The molecule has 0 spiro atoms. The lowest BCUT2D eigenvalue weighted by atomic mass is 10.1. The van der Waals surface area contributed by atoms with Gasteiger partial charge in [0.2, 0.25) is 0 Å².